The highest BCUT2D eigenvalue weighted by molar-refractivity contribution is 6.08. The van der Waals surface area contributed by atoms with Crippen molar-refractivity contribution in [1.29, 1.82) is 0 Å². The van der Waals surface area contributed by atoms with Gasteiger partial charge < -0.3 is 25.0 Å². The number of carbonyl (C=O) groups excluding carboxylic acids is 2. The zero-order chi connectivity index (χ0) is 30.2. The summed E-state index contributed by atoms with van der Waals surface area (Å²) in [7, 11) is 0. The van der Waals surface area contributed by atoms with E-state index in [1.54, 1.807) is 17.2 Å². The number of ether oxygens (including phenoxy) is 1. The summed E-state index contributed by atoms with van der Waals surface area (Å²) in [6.07, 6.45) is 2.88. The summed E-state index contributed by atoms with van der Waals surface area (Å²) in [5.41, 5.74) is -0.923. The highest BCUT2D eigenvalue weighted by atomic mass is 19.3. The quantitative estimate of drug-likeness (QED) is 0.436. The second-order valence-electron chi connectivity index (χ2n) is 11.6. The summed E-state index contributed by atoms with van der Waals surface area (Å²) >= 11 is 0. The summed E-state index contributed by atoms with van der Waals surface area (Å²) in [4.78, 5) is 45.2. The van der Waals surface area contributed by atoms with Gasteiger partial charge in [0.1, 0.15) is 17.0 Å². The molecule has 2 N–H and O–H groups in total. The van der Waals surface area contributed by atoms with E-state index in [1.165, 1.54) is 21.6 Å². The smallest absolute Gasteiger partial charge is 0.410 e. The summed E-state index contributed by atoms with van der Waals surface area (Å²) in [5, 5.41) is 20.0. The van der Waals surface area contributed by atoms with E-state index in [0.29, 0.717) is 57.7 Å². The number of alkyl halides is 2. The first-order valence-electron chi connectivity index (χ1n) is 13.9. The van der Waals surface area contributed by atoms with Crippen molar-refractivity contribution in [2.45, 2.75) is 64.5 Å². The van der Waals surface area contributed by atoms with Crippen molar-refractivity contribution in [2.24, 2.45) is 5.92 Å². The highest BCUT2D eigenvalue weighted by Crippen LogP contribution is 2.35. The minimum Gasteiger partial charge on any atom is -0.481 e. The lowest BCUT2D eigenvalue weighted by atomic mass is 9.86. The third kappa shape index (κ3) is 6.29. The number of nitrogens with one attached hydrogen (secondary N) is 1. The van der Waals surface area contributed by atoms with Crippen molar-refractivity contribution >= 4 is 35.1 Å². The van der Waals surface area contributed by atoms with Gasteiger partial charge in [0.2, 0.25) is 0 Å². The molecule has 15 heteroatoms. The van der Waals surface area contributed by atoms with E-state index in [9.17, 15) is 28.3 Å². The van der Waals surface area contributed by atoms with E-state index >= 15 is 0 Å². The van der Waals surface area contributed by atoms with Gasteiger partial charge in [0.25, 0.3) is 12.3 Å². The molecule has 2 fully saturated rings. The molecule has 5 rings (SSSR count). The van der Waals surface area contributed by atoms with Gasteiger partial charge in [0, 0.05) is 38.6 Å². The number of carboxylic acid groups (broad SMARTS) is 1. The summed E-state index contributed by atoms with van der Waals surface area (Å²) in [6.45, 7) is 7.32. The number of halogens is 2. The third-order valence-electron chi connectivity index (χ3n) is 7.49. The maximum Gasteiger partial charge on any atom is 0.410 e. The van der Waals surface area contributed by atoms with Gasteiger partial charge in [-0.05, 0) is 52.5 Å². The van der Waals surface area contributed by atoms with Crippen LogP contribution in [0.15, 0.2) is 24.7 Å². The van der Waals surface area contributed by atoms with Gasteiger partial charge in [-0.3, -0.25) is 14.3 Å². The number of fused-ring (bicyclic) bond motifs is 1. The molecule has 13 nitrogen and oxygen atoms in total. The minimum absolute atomic E-state index is 0.0965. The Hall–Kier alpha value is -4.30. The fraction of sp³-hybridized carbons (Fsp3) is 0.556. The molecular weight excluding hydrogens is 554 g/mol. The fourth-order valence-corrected chi connectivity index (χ4v) is 5.27. The molecule has 0 radical (unpaired) electrons. The lowest BCUT2D eigenvalue weighted by Crippen LogP contribution is -2.50. The number of anilines is 2. The monoisotopic (exact) mass is 588 g/mol. The molecule has 0 unspecified atom stereocenters. The van der Waals surface area contributed by atoms with Crippen molar-refractivity contribution in [3.8, 4) is 0 Å². The fourth-order valence-electron chi connectivity index (χ4n) is 5.27. The third-order valence-corrected chi connectivity index (χ3v) is 7.49. The Bertz CT molecular complexity index is 1470. The normalized spacial score (nSPS) is 19.8. The zero-order valence-corrected chi connectivity index (χ0v) is 23.7. The molecule has 0 atom stereocenters. The van der Waals surface area contributed by atoms with Gasteiger partial charge >= 0.3 is 12.1 Å². The second-order valence-corrected chi connectivity index (χ2v) is 11.6. The number of aliphatic carboxylic acids is 1. The van der Waals surface area contributed by atoms with Crippen molar-refractivity contribution in [2.75, 3.05) is 36.4 Å². The van der Waals surface area contributed by atoms with Gasteiger partial charge in [-0.1, -0.05) is 0 Å². The van der Waals surface area contributed by atoms with Gasteiger partial charge in [-0.25, -0.2) is 23.1 Å². The Labute approximate surface area is 240 Å². The van der Waals surface area contributed by atoms with Crippen LogP contribution < -0.4 is 10.2 Å². The average molecular weight is 589 g/mol. The van der Waals surface area contributed by atoms with E-state index in [0.717, 1.165) is 0 Å². The zero-order valence-electron chi connectivity index (χ0n) is 23.7. The van der Waals surface area contributed by atoms with Gasteiger partial charge in [0.15, 0.2) is 11.3 Å². The topological polar surface area (TPSA) is 147 Å². The Morgan fingerprint density at radius 2 is 1.79 bits per heavy atom. The standard InChI is InChI=1S/C27H34F2N8O5/c1-27(2,3)42-26(41)35-12-10-34(11-13-35)20-8-9-36-23(32-20)18(14-30-36)24(38)31-19-15-37(33-21(19)22(28)29)17-6-4-16(5-7-17)25(39)40/h8-9,14-17,22H,4-7,10-13H2,1-3H3,(H,31,38)(H,39,40)/t16-,17-. The Kier molecular flexibility index (Phi) is 8.01. The lowest BCUT2D eigenvalue weighted by molar-refractivity contribution is -0.143. The first-order chi connectivity index (χ1) is 19.9. The van der Waals surface area contributed by atoms with Crippen LogP contribution in [-0.2, 0) is 9.53 Å². The molecule has 1 saturated heterocycles. The second kappa shape index (κ2) is 11.5. The Morgan fingerprint density at radius 3 is 2.40 bits per heavy atom. The van der Waals surface area contributed by atoms with Crippen LogP contribution in [0.4, 0.5) is 25.1 Å². The van der Waals surface area contributed by atoms with E-state index in [1.807, 2.05) is 25.7 Å². The van der Waals surface area contributed by atoms with Gasteiger partial charge in [-0.15, -0.1) is 0 Å². The summed E-state index contributed by atoms with van der Waals surface area (Å²) < 4.78 is 36.0. The Morgan fingerprint density at radius 1 is 1.10 bits per heavy atom. The van der Waals surface area contributed by atoms with Gasteiger partial charge in [0.05, 0.1) is 23.8 Å². The van der Waals surface area contributed by atoms with E-state index in [4.69, 9.17) is 4.74 Å². The molecule has 1 aliphatic carbocycles. The lowest BCUT2D eigenvalue weighted by Gasteiger charge is -2.36. The first-order valence-corrected chi connectivity index (χ1v) is 13.9. The maximum absolute atomic E-state index is 13.9. The van der Waals surface area contributed by atoms with Crippen LogP contribution in [0, 0.1) is 5.92 Å². The molecule has 2 amide bonds. The summed E-state index contributed by atoms with van der Waals surface area (Å²) in [5.74, 6) is -1.39. The van der Waals surface area contributed by atoms with E-state index in [2.05, 4.69) is 20.5 Å². The number of carboxylic acids is 1. The van der Waals surface area contributed by atoms with Crippen molar-refractivity contribution in [3.05, 3.63) is 35.9 Å². The number of hydrogen-bond acceptors (Lipinski definition) is 8. The number of rotatable bonds is 6. The number of aromatic nitrogens is 5. The van der Waals surface area contributed by atoms with Crippen LogP contribution in [0.2, 0.25) is 0 Å². The highest BCUT2D eigenvalue weighted by Gasteiger charge is 2.30. The molecular formula is C27H34F2N8O5. The van der Waals surface area contributed by atoms with Crippen LogP contribution in [0.25, 0.3) is 5.65 Å². The van der Waals surface area contributed by atoms with Crippen molar-refractivity contribution < 1.29 is 33.0 Å². The number of hydrogen-bond donors (Lipinski definition) is 2. The van der Waals surface area contributed by atoms with Crippen LogP contribution in [0.1, 0.15) is 75.0 Å². The van der Waals surface area contributed by atoms with Gasteiger partial charge in [-0.2, -0.15) is 10.2 Å². The number of piperazine rings is 1. The van der Waals surface area contributed by atoms with Crippen LogP contribution in [0.3, 0.4) is 0 Å². The molecule has 2 aliphatic rings. The first kappa shape index (κ1) is 29.2. The molecule has 1 aliphatic heterocycles. The molecule has 226 valence electrons. The van der Waals surface area contributed by atoms with E-state index in [-0.39, 0.29) is 29.0 Å². The molecule has 3 aromatic rings. The van der Waals surface area contributed by atoms with Crippen molar-refractivity contribution in [3.63, 3.8) is 0 Å². The molecule has 4 heterocycles. The number of carbonyl (C=O) groups is 3. The van der Waals surface area contributed by atoms with E-state index < -0.39 is 35.5 Å². The predicted molar refractivity (Wildman–Crippen MR) is 147 cm³/mol. The molecule has 42 heavy (non-hydrogen) atoms. The number of amides is 2. The molecule has 0 aromatic carbocycles. The van der Waals surface area contributed by atoms with Crippen LogP contribution >= 0.6 is 0 Å². The average Bonchev–Trinajstić information content (AvgIpc) is 3.56. The van der Waals surface area contributed by atoms with Crippen molar-refractivity contribution in [1.82, 2.24) is 29.3 Å². The maximum atomic E-state index is 13.9. The molecule has 0 spiro atoms. The molecule has 3 aromatic heterocycles. The SMILES string of the molecule is CC(C)(C)OC(=O)N1CCN(c2ccn3ncc(C(=O)Nc4cn([C@H]5CC[C@H](C(=O)O)CC5)nc4C(F)F)c3n2)CC1. The predicted octanol–water partition coefficient (Wildman–Crippen LogP) is 3.99. The minimum atomic E-state index is -2.93. The van der Waals surface area contributed by atoms with Crippen LogP contribution in [-0.4, -0.2) is 84.1 Å². The molecule has 0 bridgehead atoms. The molecule has 1 saturated carbocycles. The summed E-state index contributed by atoms with van der Waals surface area (Å²) in [6, 6.07) is 1.52. The Balaban J connectivity index is 1.29. The largest absolute Gasteiger partial charge is 0.481 e. The number of nitrogens with zero attached hydrogens (tertiary/aromatic N) is 7. The van der Waals surface area contributed by atoms with Crippen LogP contribution in [0.5, 0.6) is 0 Å².